The Balaban J connectivity index is 1.76. The van der Waals surface area contributed by atoms with Crippen molar-refractivity contribution in [2.24, 2.45) is 4.99 Å². The van der Waals surface area contributed by atoms with Crippen molar-refractivity contribution in [3.8, 4) is 11.1 Å². The lowest BCUT2D eigenvalue weighted by atomic mass is 9.93. The van der Waals surface area contributed by atoms with Crippen LogP contribution in [0.2, 0.25) is 0 Å². The van der Waals surface area contributed by atoms with E-state index < -0.39 is 11.7 Å². The molecule has 1 atom stereocenters. The van der Waals surface area contributed by atoms with Crippen molar-refractivity contribution in [2.45, 2.75) is 32.6 Å². The minimum atomic E-state index is -4.38. The van der Waals surface area contributed by atoms with Crippen LogP contribution in [0.5, 0.6) is 0 Å². The highest BCUT2D eigenvalue weighted by Crippen LogP contribution is 2.38. The van der Waals surface area contributed by atoms with E-state index >= 15 is 0 Å². The summed E-state index contributed by atoms with van der Waals surface area (Å²) < 4.78 is 40.0. The lowest BCUT2D eigenvalue weighted by Crippen LogP contribution is -2.49. The first-order valence-corrected chi connectivity index (χ1v) is 9.03. The Bertz CT molecular complexity index is 905. The van der Waals surface area contributed by atoms with Gasteiger partial charge in [0.05, 0.1) is 12.1 Å². The van der Waals surface area contributed by atoms with E-state index in [1.807, 2.05) is 19.1 Å². The summed E-state index contributed by atoms with van der Waals surface area (Å²) in [6.07, 6.45) is -2.72. The lowest BCUT2D eigenvalue weighted by molar-refractivity contribution is -0.137. The fourth-order valence-electron chi connectivity index (χ4n) is 3.77. The van der Waals surface area contributed by atoms with Gasteiger partial charge < -0.3 is 10.2 Å². The zero-order chi connectivity index (χ0) is 19.2. The van der Waals surface area contributed by atoms with Crippen LogP contribution in [0.4, 0.5) is 19.0 Å². The van der Waals surface area contributed by atoms with Gasteiger partial charge >= 0.3 is 6.18 Å². The zero-order valence-electron chi connectivity index (χ0n) is 15.3. The largest absolute Gasteiger partial charge is 0.416 e. The van der Waals surface area contributed by atoms with Crippen LogP contribution in [0.15, 0.2) is 29.3 Å². The number of piperazine rings is 1. The Morgan fingerprint density at radius 2 is 2.00 bits per heavy atom. The molecule has 4 rings (SSSR count). The van der Waals surface area contributed by atoms with Gasteiger partial charge in [-0.05, 0) is 49.2 Å². The van der Waals surface area contributed by atoms with Crippen molar-refractivity contribution >= 4 is 12.0 Å². The first-order chi connectivity index (χ1) is 12.8. The molecule has 27 heavy (non-hydrogen) atoms. The van der Waals surface area contributed by atoms with Crippen LogP contribution in [0.3, 0.4) is 0 Å². The first kappa shape index (κ1) is 18.0. The molecule has 3 heterocycles. The van der Waals surface area contributed by atoms with Gasteiger partial charge in [0.2, 0.25) is 0 Å². The second-order valence-electron chi connectivity index (χ2n) is 7.17. The third-order valence-electron chi connectivity index (χ3n) is 5.13. The van der Waals surface area contributed by atoms with Crippen molar-refractivity contribution in [1.82, 2.24) is 10.3 Å². The van der Waals surface area contributed by atoms with Crippen LogP contribution in [0, 0.1) is 6.92 Å². The first-order valence-electron chi connectivity index (χ1n) is 9.03. The van der Waals surface area contributed by atoms with Crippen molar-refractivity contribution in [1.29, 1.82) is 0 Å². The Morgan fingerprint density at radius 1 is 1.19 bits per heavy atom. The molecule has 0 bridgehead atoms. The molecule has 0 radical (unpaired) electrons. The van der Waals surface area contributed by atoms with E-state index in [2.05, 4.69) is 22.1 Å². The molecule has 142 valence electrons. The minimum Gasteiger partial charge on any atom is -0.354 e. The van der Waals surface area contributed by atoms with Gasteiger partial charge in [-0.3, -0.25) is 4.99 Å². The summed E-state index contributed by atoms with van der Waals surface area (Å²) in [7, 11) is 0. The lowest BCUT2D eigenvalue weighted by Gasteiger charge is -2.33. The van der Waals surface area contributed by atoms with Crippen LogP contribution in [0.25, 0.3) is 11.1 Å². The molecule has 1 aromatic carbocycles. The van der Waals surface area contributed by atoms with E-state index in [-0.39, 0.29) is 6.54 Å². The summed E-state index contributed by atoms with van der Waals surface area (Å²) in [5.41, 5.74) is 2.72. The monoisotopic (exact) mass is 374 g/mol. The molecule has 0 saturated carbocycles. The predicted molar refractivity (Wildman–Crippen MR) is 100 cm³/mol. The molecule has 0 spiro atoms. The Labute approximate surface area is 156 Å². The smallest absolute Gasteiger partial charge is 0.354 e. The van der Waals surface area contributed by atoms with E-state index in [1.54, 1.807) is 6.21 Å². The number of pyridine rings is 1. The average molecular weight is 374 g/mol. The van der Waals surface area contributed by atoms with E-state index in [0.717, 1.165) is 42.3 Å². The van der Waals surface area contributed by atoms with Crippen LogP contribution in [-0.4, -0.2) is 36.9 Å². The van der Waals surface area contributed by atoms with Crippen molar-refractivity contribution < 1.29 is 13.2 Å². The third kappa shape index (κ3) is 3.43. The van der Waals surface area contributed by atoms with E-state index in [4.69, 9.17) is 4.98 Å². The maximum absolute atomic E-state index is 13.3. The van der Waals surface area contributed by atoms with Gasteiger partial charge in [0.25, 0.3) is 0 Å². The topological polar surface area (TPSA) is 40.5 Å². The molecule has 2 aromatic rings. The Kier molecular flexibility index (Phi) is 4.42. The van der Waals surface area contributed by atoms with Crippen molar-refractivity contribution in [3.63, 3.8) is 0 Å². The maximum atomic E-state index is 13.3. The zero-order valence-corrected chi connectivity index (χ0v) is 15.3. The molecule has 1 N–H and O–H groups in total. The molecule has 1 fully saturated rings. The number of halogens is 3. The number of benzene rings is 1. The van der Waals surface area contributed by atoms with Crippen LogP contribution in [-0.2, 0) is 12.7 Å². The van der Waals surface area contributed by atoms with Gasteiger partial charge in [-0.25, -0.2) is 4.98 Å². The molecule has 0 unspecified atom stereocenters. The summed E-state index contributed by atoms with van der Waals surface area (Å²) in [6.45, 7) is 6.87. The van der Waals surface area contributed by atoms with Crippen molar-refractivity contribution in [2.75, 3.05) is 24.5 Å². The van der Waals surface area contributed by atoms with Crippen LogP contribution in [0.1, 0.15) is 29.3 Å². The van der Waals surface area contributed by atoms with Crippen molar-refractivity contribution in [3.05, 3.63) is 46.6 Å². The Hall–Kier alpha value is -2.41. The van der Waals surface area contributed by atoms with Gasteiger partial charge in [-0.2, -0.15) is 13.2 Å². The quantitative estimate of drug-likeness (QED) is 0.869. The highest BCUT2D eigenvalue weighted by Gasteiger charge is 2.33. The molecule has 4 nitrogen and oxygen atoms in total. The molecular weight excluding hydrogens is 353 g/mol. The molecular formula is C20H21F3N4. The van der Waals surface area contributed by atoms with Gasteiger partial charge in [-0.15, -0.1) is 0 Å². The summed E-state index contributed by atoms with van der Waals surface area (Å²) >= 11 is 0. The van der Waals surface area contributed by atoms with Gasteiger partial charge in [0.1, 0.15) is 5.82 Å². The summed E-state index contributed by atoms with van der Waals surface area (Å²) in [5.74, 6) is 0.863. The molecule has 2 aliphatic rings. The third-order valence-corrected chi connectivity index (χ3v) is 5.13. The van der Waals surface area contributed by atoms with Gasteiger partial charge in [0.15, 0.2) is 0 Å². The fourth-order valence-corrected chi connectivity index (χ4v) is 3.77. The van der Waals surface area contributed by atoms with Crippen LogP contribution >= 0.6 is 0 Å². The minimum absolute atomic E-state index is 0.287. The van der Waals surface area contributed by atoms with Gasteiger partial charge in [0, 0.05) is 48.7 Å². The van der Waals surface area contributed by atoms with E-state index in [0.29, 0.717) is 17.2 Å². The summed E-state index contributed by atoms with van der Waals surface area (Å²) in [5, 5.41) is 3.39. The second kappa shape index (κ2) is 6.64. The SMILES string of the molecule is Cc1nc(N2CCN[C@H](C)C2)ccc1-c1cc(C(F)(F)F)cc2c1C=NC2. The summed E-state index contributed by atoms with van der Waals surface area (Å²) in [4.78, 5) is 11.1. The number of alkyl halides is 3. The highest BCUT2D eigenvalue weighted by molar-refractivity contribution is 5.95. The second-order valence-corrected chi connectivity index (χ2v) is 7.17. The fraction of sp³-hybridized carbons (Fsp3) is 0.400. The van der Waals surface area contributed by atoms with E-state index in [9.17, 15) is 13.2 Å². The van der Waals surface area contributed by atoms with Gasteiger partial charge in [-0.1, -0.05) is 0 Å². The summed E-state index contributed by atoms with van der Waals surface area (Å²) in [6, 6.07) is 6.58. The van der Waals surface area contributed by atoms with Crippen LogP contribution < -0.4 is 10.2 Å². The Morgan fingerprint density at radius 3 is 2.70 bits per heavy atom. The number of hydrogen-bond acceptors (Lipinski definition) is 4. The molecule has 0 aliphatic carbocycles. The van der Waals surface area contributed by atoms with E-state index in [1.165, 1.54) is 12.1 Å². The maximum Gasteiger partial charge on any atom is 0.416 e. The highest BCUT2D eigenvalue weighted by atomic mass is 19.4. The number of hydrogen-bond donors (Lipinski definition) is 1. The standard InChI is InChI=1S/C20H21F3N4/c1-12-11-27(6-5-25-12)19-4-3-16(13(2)26-19)17-8-15(20(21,22)23)7-14-9-24-10-18(14)17/h3-4,7-8,10,12,25H,5-6,9,11H2,1-2H3/t12-/m1/s1. The number of fused-ring (bicyclic) bond motifs is 1. The number of aromatic nitrogens is 1. The normalized spacial score (nSPS) is 19.4. The number of nitrogens with zero attached hydrogens (tertiary/aromatic N) is 3. The molecule has 1 saturated heterocycles. The molecule has 1 aromatic heterocycles. The number of aryl methyl sites for hydroxylation is 1. The number of anilines is 1. The number of rotatable bonds is 2. The average Bonchev–Trinajstić information content (AvgIpc) is 3.09. The molecule has 0 amide bonds. The molecule has 7 heteroatoms. The number of aliphatic imine (C=N–C) groups is 1. The number of nitrogens with one attached hydrogen (secondary N) is 1. The molecule has 2 aliphatic heterocycles. The predicted octanol–water partition coefficient (Wildman–Crippen LogP) is 3.81.